The zero-order valence-corrected chi connectivity index (χ0v) is 16.4. The van der Waals surface area contributed by atoms with Crippen LogP contribution in [0.3, 0.4) is 0 Å². The van der Waals surface area contributed by atoms with Crippen molar-refractivity contribution in [2.24, 2.45) is 11.8 Å². The molecule has 3 heterocycles. The highest BCUT2D eigenvalue weighted by Crippen LogP contribution is 2.45. The van der Waals surface area contributed by atoms with Crippen molar-refractivity contribution in [3.05, 3.63) is 41.5 Å². The number of benzene rings is 1. The molecule has 1 aromatic carbocycles. The van der Waals surface area contributed by atoms with Gasteiger partial charge >= 0.3 is 0 Å². The normalized spacial score (nSPS) is 27.2. The van der Waals surface area contributed by atoms with Gasteiger partial charge in [0.1, 0.15) is 5.75 Å². The molecule has 148 valence electrons. The highest BCUT2D eigenvalue weighted by Gasteiger charge is 2.48. The van der Waals surface area contributed by atoms with Crippen molar-refractivity contribution in [1.82, 2.24) is 19.9 Å². The van der Waals surface area contributed by atoms with Crippen molar-refractivity contribution in [3.8, 4) is 5.75 Å². The summed E-state index contributed by atoms with van der Waals surface area (Å²) < 4.78 is 10.8. The lowest BCUT2D eigenvalue weighted by molar-refractivity contribution is -0.130. The van der Waals surface area contributed by atoms with Gasteiger partial charge in [-0.05, 0) is 36.5 Å². The van der Waals surface area contributed by atoms with Crippen LogP contribution in [0.25, 0.3) is 0 Å². The van der Waals surface area contributed by atoms with E-state index in [0.29, 0.717) is 30.2 Å². The summed E-state index contributed by atoms with van der Waals surface area (Å²) in [6, 6.07) is 8.24. The minimum atomic E-state index is 0.114. The number of aromatic nitrogens is 2. The van der Waals surface area contributed by atoms with E-state index in [2.05, 4.69) is 27.2 Å². The summed E-state index contributed by atoms with van der Waals surface area (Å²) in [5, 5.41) is 4.13. The van der Waals surface area contributed by atoms with E-state index in [1.165, 1.54) is 18.4 Å². The van der Waals surface area contributed by atoms with Gasteiger partial charge in [-0.2, -0.15) is 4.98 Å². The SMILES string of the molecule is COc1ccc([C@H]2[C@@H]3CN(Cc4nc(C5CC5)no4)C[C@@H]3CN2C(C)=O)cc1. The largest absolute Gasteiger partial charge is 0.497 e. The first-order valence-corrected chi connectivity index (χ1v) is 10.1. The van der Waals surface area contributed by atoms with Gasteiger partial charge in [0.2, 0.25) is 11.8 Å². The predicted octanol–water partition coefficient (Wildman–Crippen LogP) is 2.61. The Morgan fingerprint density at radius 2 is 2.00 bits per heavy atom. The molecule has 2 aliphatic heterocycles. The third-order valence-electron chi connectivity index (χ3n) is 6.39. The second kappa shape index (κ2) is 6.88. The third kappa shape index (κ3) is 3.17. The summed E-state index contributed by atoms with van der Waals surface area (Å²) in [7, 11) is 1.67. The van der Waals surface area contributed by atoms with Crippen LogP contribution in [0.15, 0.2) is 28.8 Å². The van der Waals surface area contributed by atoms with Gasteiger partial charge in [-0.1, -0.05) is 17.3 Å². The molecule has 0 unspecified atom stereocenters. The van der Waals surface area contributed by atoms with Gasteiger partial charge in [0, 0.05) is 38.4 Å². The van der Waals surface area contributed by atoms with E-state index in [9.17, 15) is 4.79 Å². The molecule has 0 spiro atoms. The average molecular weight is 382 g/mol. The number of nitrogens with zero attached hydrogens (tertiary/aromatic N) is 4. The van der Waals surface area contributed by atoms with Crippen LogP contribution < -0.4 is 4.74 Å². The molecular formula is C21H26N4O3. The van der Waals surface area contributed by atoms with Crippen molar-refractivity contribution < 1.29 is 14.1 Å². The number of likely N-dealkylation sites (tertiary alicyclic amines) is 2. The number of hydrogen-bond acceptors (Lipinski definition) is 6. The first-order valence-electron chi connectivity index (χ1n) is 10.1. The van der Waals surface area contributed by atoms with E-state index in [0.717, 1.165) is 31.2 Å². The molecule has 7 nitrogen and oxygen atoms in total. The van der Waals surface area contributed by atoms with Gasteiger partial charge in [-0.15, -0.1) is 0 Å². The summed E-state index contributed by atoms with van der Waals surface area (Å²) in [6.45, 7) is 5.08. The van der Waals surface area contributed by atoms with Crippen LogP contribution in [0.2, 0.25) is 0 Å². The molecule has 0 bridgehead atoms. The van der Waals surface area contributed by atoms with E-state index in [1.54, 1.807) is 14.0 Å². The minimum absolute atomic E-state index is 0.114. The molecule has 3 fully saturated rings. The van der Waals surface area contributed by atoms with Crippen molar-refractivity contribution in [2.45, 2.75) is 38.3 Å². The van der Waals surface area contributed by atoms with Gasteiger partial charge in [0.15, 0.2) is 5.82 Å². The molecule has 0 radical (unpaired) electrons. The fourth-order valence-electron chi connectivity index (χ4n) is 4.85. The fourth-order valence-corrected chi connectivity index (χ4v) is 4.85. The monoisotopic (exact) mass is 382 g/mol. The number of fused-ring (bicyclic) bond motifs is 1. The quantitative estimate of drug-likeness (QED) is 0.792. The maximum atomic E-state index is 12.3. The molecule has 1 amide bonds. The second-order valence-electron chi connectivity index (χ2n) is 8.33. The number of amides is 1. The topological polar surface area (TPSA) is 71.7 Å². The Kier molecular flexibility index (Phi) is 4.34. The number of carbonyl (C=O) groups excluding carboxylic acids is 1. The van der Waals surface area contributed by atoms with Gasteiger partial charge < -0.3 is 14.2 Å². The van der Waals surface area contributed by atoms with Crippen LogP contribution in [-0.2, 0) is 11.3 Å². The van der Waals surface area contributed by atoms with Gasteiger partial charge in [0.05, 0.1) is 19.7 Å². The summed E-state index contributed by atoms with van der Waals surface area (Å²) in [5.41, 5.74) is 1.18. The lowest BCUT2D eigenvalue weighted by atomic mass is 9.89. The summed E-state index contributed by atoms with van der Waals surface area (Å²) >= 11 is 0. The Morgan fingerprint density at radius 1 is 1.21 bits per heavy atom. The maximum absolute atomic E-state index is 12.3. The first-order chi connectivity index (χ1) is 13.6. The molecule has 1 saturated carbocycles. The number of ether oxygens (including phenoxy) is 1. The van der Waals surface area contributed by atoms with Crippen molar-refractivity contribution >= 4 is 5.91 Å². The zero-order chi connectivity index (χ0) is 19.3. The van der Waals surface area contributed by atoms with Crippen LogP contribution in [0.1, 0.15) is 49.0 Å². The fraction of sp³-hybridized carbons (Fsp3) is 0.571. The Morgan fingerprint density at radius 3 is 2.68 bits per heavy atom. The van der Waals surface area contributed by atoms with E-state index in [-0.39, 0.29) is 11.9 Å². The molecule has 2 saturated heterocycles. The molecule has 3 atom stereocenters. The Bertz CT molecular complexity index is 861. The molecule has 0 N–H and O–H groups in total. The zero-order valence-electron chi connectivity index (χ0n) is 16.4. The highest BCUT2D eigenvalue weighted by atomic mass is 16.5. The van der Waals surface area contributed by atoms with Crippen LogP contribution in [0.5, 0.6) is 5.75 Å². The van der Waals surface area contributed by atoms with Crippen LogP contribution in [0.4, 0.5) is 0 Å². The Hall–Kier alpha value is -2.41. The molecule has 7 heteroatoms. The molecule has 2 aromatic rings. The standard InChI is InChI=1S/C21H26N4O3/c1-13(26)25-10-16-9-24(12-19-22-21(23-28-19)15-3-4-15)11-18(16)20(25)14-5-7-17(27-2)8-6-14/h5-8,15-16,18,20H,3-4,9-12H2,1-2H3/t16-,18-,20+/m1/s1. The molecule has 3 aliphatic rings. The smallest absolute Gasteiger partial charge is 0.240 e. The van der Waals surface area contributed by atoms with Crippen LogP contribution in [-0.4, -0.2) is 52.6 Å². The third-order valence-corrected chi connectivity index (χ3v) is 6.39. The number of carbonyl (C=O) groups is 1. The number of hydrogen-bond donors (Lipinski definition) is 0. The lowest BCUT2D eigenvalue weighted by Crippen LogP contribution is -2.34. The van der Waals surface area contributed by atoms with Crippen LogP contribution >= 0.6 is 0 Å². The van der Waals surface area contributed by atoms with E-state index < -0.39 is 0 Å². The number of methoxy groups -OCH3 is 1. The van der Waals surface area contributed by atoms with E-state index >= 15 is 0 Å². The van der Waals surface area contributed by atoms with Gasteiger partial charge in [-0.3, -0.25) is 9.69 Å². The molecular weight excluding hydrogens is 356 g/mol. The number of rotatable bonds is 5. The van der Waals surface area contributed by atoms with Crippen molar-refractivity contribution in [3.63, 3.8) is 0 Å². The molecule has 1 aliphatic carbocycles. The molecule has 1 aromatic heterocycles. The minimum Gasteiger partial charge on any atom is -0.497 e. The highest BCUT2D eigenvalue weighted by molar-refractivity contribution is 5.74. The Balaban J connectivity index is 1.32. The average Bonchev–Trinajstić information content (AvgIpc) is 3.15. The second-order valence-corrected chi connectivity index (χ2v) is 8.33. The first kappa shape index (κ1) is 17.7. The summed E-state index contributed by atoms with van der Waals surface area (Å²) in [6.07, 6.45) is 2.36. The van der Waals surface area contributed by atoms with Crippen LogP contribution in [0, 0.1) is 11.8 Å². The van der Waals surface area contributed by atoms with Gasteiger partial charge in [0.25, 0.3) is 0 Å². The van der Waals surface area contributed by atoms with E-state index in [4.69, 9.17) is 9.26 Å². The van der Waals surface area contributed by atoms with Crippen molar-refractivity contribution in [1.29, 1.82) is 0 Å². The molecule has 5 rings (SSSR count). The van der Waals surface area contributed by atoms with Gasteiger partial charge in [-0.25, -0.2) is 0 Å². The predicted molar refractivity (Wildman–Crippen MR) is 102 cm³/mol. The summed E-state index contributed by atoms with van der Waals surface area (Å²) in [4.78, 5) is 21.3. The Labute approximate surface area is 164 Å². The lowest BCUT2D eigenvalue weighted by Gasteiger charge is -2.29. The summed E-state index contributed by atoms with van der Waals surface area (Å²) in [5.74, 6) is 3.97. The maximum Gasteiger partial charge on any atom is 0.240 e. The van der Waals surface area contributed by atoms with E-state index in [1.807, 2.05) is 17.0 Å². The van der Waals surface area contributed by atoms with Crippen molar-refractivity contribution in [2.75, 3.05) is 26.7 Å². The molecule has 28 heavy (non-hydrogen) atoms.